The lowest BCUT2D eigenvalue weighted by Gasteiger charge is -2.02. The summed E-state index contributed by atoms with van der Waals surface area (Å²) in [4.78, 5) is 11.6. The molecule has 2 heteroatoms. The first-order valence-electron chi connectivity index (χ1n) is 4.55. The van der Waals surface area contributed by atoms with E-state index < -0.39 is 0 Å². The summed E-state index contributed by atoms with van der Waals surface area (Å²) < 4.78 is 0.958. The van der Waals surface area contributed by atoms with Crippen LogP contribution < -0.4 is 0 Å². The van der Waals surface area contributed by atoms with Crippen molar-refractivity contribution in [3.63, 3.8) is 0 Å². The van der Waals surface area contributed by atoms with Gasteiger partial charge in [-0.1, -0.05) is 22.0 Å². The average Bonchev–Trinajstić information content (AvgIpc) is 2.12. The number of benzene rings is 1. The van der Waals surface area contributed by atoms with Crippen LogP contribution in [0.5, 0.6) is 0 Å². The molecule has 1 aromatic rings. The highest BCUT2D eigenvalue weighted by molar-refractivity contribution is 9.10. The van der Waals surface area contributed by atoms with E-state index in [2.05, 4.69) is 22.5 Å². The molecule has 0 bridgehead atoms. The van der Waals surface area contributed by atoms with E-state index in [-0.39, 0.29) is 5.78 Å². The van der Waals surface area contributed by atoms with E-state index in [0.717, 1.165) is 22.0 Å². The number of allylic oxidation sites excluding steroid dienone is 1. The van der Waals surface area contributed by atoms with Crippen LogP contribution in [0.15, 0.2) is 35.3 Å². The minimum Gasteiger partial charge on any atom is -0.294 e. The van der Waals surface area contributed by atoms with Gasteiger partial charge in [0.05, 0.1) is 0 Å². The Balaban J connectivity index is 2.84. The van der Waals surface area contributed by atoms with Crippen molar-refractivity contribution in [1.29, 1.82) is 0 Å². The zero-order valence-electron chi connectivity index (χ0n) is 8.22. The highest BCUT2D eigenvalue weighted by Gasteiger charge is 2.05. The molecule has 0 unspecified atom stereocenters. The van der Waals surface area contributed by atoms with Gasteiger partial charge in [-0.05, 0) is 37.1 Å². The molecule has 0 aromatic heterocycles. The van der Waals surface area contributed by atoms with Crippen LogP contribution in [-0.2, 0) is 0 Å². The normalized spacial score (nSPS) is 9.86. The molecule has 0 radical (unpaired) electrons. The molecule has 1 nitrogen and oxygen atoms in total. The summed E-state index contributed by atoms with van der Waals surface area (Å²) in [6, 6.07) is 5.76. The largest absolute Gasteiger partial charge is 0.294 e. The quantitative estimate of drug-likeness (QED) is 0.587. The first-order valence-corrected chi connectivity index (χ1v) is 5.34. The van der Waals surface area contributed by atoms with E-state index in [1.165, 1.54) is 0 Å². The summed E-state index contributed by atoms with van der Waals surface area (Å²) in [6.07, 6.45) is 3.05. The molecule has 74 valence electrons. The predicted molar refractivity (Wildman–Crippen MR) is 62.6 cm³/mol. The van der Waals surface area contributed by atoms with Crippen molar-refractivity contribution < 1.29 is 4.79 Å². The van der Waals surface area contributed by atoms with E-state index in [4.69, 9.17) is 0 Å². The molecule has 0 aliphatic rings. The SMILES string of the molecule is C=CCCC(=O)c1cc(C)cc(Br)c1. The summed E-state index contributed by atoms with van der Waals surface area (Å²) in [5, 5.41) is 0. The molecular formula is C12H13BrO. The third-order valence-corrected chi connectivity index (χ3v) is 2.40. The Bertz CT molecular complexity index is 335. The van der Waals surface area contributed by atoms with Gasteiger partial charge in [0.2, 0.25) is 0 Å². The molecule has 14 heavy (non-hydrogen) atoms. The summed E-state index contributed by atoms with van der Waals surface area (Å²) in [7, 11) is 0. The Morgan fingerprint density at radius 3 is 2.79 bits per heavy atom. The minimum atomic E-state index is 0.175. The summed E-state index contributed by atoms with van der Waals surface area (Å²) in [6.45, 7) is 5.58. The van der Waals surface area contributed by atoms with Crippen LogP contribution in [0, 0.1) is 6.92 Å². The van der Waals surface area contributed by atoms with Crippen LogP contribution in [0.2, 0.25) is 0 Å². The van der Waals surface area contributed by atoms with Crippen molar-refractivity contribution in [1.82, 2.24) is 0 Å². The maximum atomic E-state index is 11.6. The number of rotatable bonds is 4. The first-order chi connectivity index (χ1) is 6.63. The molecule has 0 fully saturated rings. The molecule has 0 aliphatic carbocycles. The molecule has 0 saturated heterocycles. The topological polar surface area (TPSA) is 17.1 Å². The highest BCUT2D eigenvalue weighted by Crippen LogP contribution is 2.17. The molecule has 1 rings (SSSR count). The van der Waals surface area contributed by atoms with Crippen LogP contribution in [0.4, 0.5) is 0 Å². The van der Waals surface area contributed by atoms with Gasteiger partial charge < -0.3 is 0 Å². The van der Waals surface area contributed by atoms with Crippen LogP contribution >= 0.6 is 15.9 Å². The fourth-order valence-corrected chi connectivity index (χ4v) is 1.88. The maximum absolute atomic E-state index is 11.6. The predicted octanol–water partition coefficient (Wildman–Crippen LogP) is 3.91. The first kappa shape index (κ1) is 11.2. The Labute approximate surface area is 93.0 Å². The lowest BCUT2D eigenvalue weighted by molar-refractivity contribution is 0.0983. The summed E-state index contributed by atoms with van der Waals surface area (Å²) >= 11 is 3.38. The molecule has 0 spiro atoms. The van der Waals surface area contributed by atoms with Gasteiger partial charge in [-0.15, -0.1) is 6.58 Å². The molecule has 0 aliphatic heterocycles. The Kier molecular flexibility index (Phi) is 4.08. The van der Waals surface area contributed by atoms with Gasteiger partial charge in [-0.25, -0.2) is 0 Å². The second-order valence-corrected chi connectivity index (χ2v) is 4.18. The lowest BCUT2D eigenvalue weighted by atomic mass is 10.0. The van der Waals surface area contributed by atoms with Gasteiger partial charge >= 0.3 is 0 Å². The lowest BCUT2D eigenvalue weighted by Crippen LogP contribution is -1.98. The Morgan fingerprint density at radius 2 is 2.21 bits per heavy atom. The number of halogens is 1. The van der Waals surface area contributed by atoms with E-state index >= 15 is 0 Å². The van der Waals surface area contributed by atoms with Crippen molar-refractivity contribution in [2.75, 3.05) is 0 Å². The number of Topliss-reactive ketones (excluding diaryl/α,β-unsaturated/α-hetero) is 1. The van der Waals surface area contributed by atoms with Gasteiger partial charge in [0.1, 0.15) is 0 Å². The number of aryl methyl sites for hydroxylation is 1. The third kappa shape index (κ3) is 3.11. The van der Waals surface area contributed by atoms with Gasteiger partial charge in [0.15, 0.2) is 5.78 Å². The van der Waals surface area contributed by atoms with Gasteiger partial charge in [-0.2, -0.15) is 0 Å². The van der Waals surface area contributed by atoms with Crippen LogP contribution in [0.3, 0.4) is 0 Å². The number of hydrogen-bond donors (Lipinski definition) is 0. The summed E-state index contributed by atoms with van der Waals surface area (Å²) in [5.41, 5.74) is 1.88. The van der Waals surface area contributed by atoms with Gasteiger partial charge in [0, 0.05) is 16.5 Å². The standard InChI is InChI=1S/C12H13BrO/c1-3-4-5-12(14)10-6-9(2)7-11(13)8-10/h3,6-8H,1,4-5H2,2H3. The Morgan fingerprint density at radius 1 is 1.50 bits per heavy atom. The fraction of sp³-hybridized carbons (Fsp3) is 0.250. The van der Waals surface area contributed by atoms with Crippen LogP contribution in [0.25, 0.3) is 0 Å². The molecule has 0 heterocycles. The number of ketones is 1. The van der Waals surface area contributed by atoms with Gasteiger partial charge in [0.25, 0.3) is 0 Å². The zero-order valence-corrected chi connectivity index (χ0v) is 9.80. The van der Waals surface area contributed by atoms with E-state index in [0.29, 0.717) is 6.42 Å². The second kappa shape index (κ2) is 5.11. The Hall–Kier alpha value is -0.890. The van der Waals surface area contributed by atoms with Crippen LogP contribution in [0.1, 0.15) is 28.8 Å². The van der Waals surface area contributed by atoms with E-state index in [1.54, 1.807) is 6.08 Å². The number of carbonyl (C=O) groups is 1. The van der Waals surface area contributed by atoms with Crippen molar-refractivity contribution in [2.24, 2.45) is 0 Å². The fourth-order valence-electron chi connectivity index (χ4n) is 1.27. The molecule has 0 atom stereocenters. The number of hydrogen-bond acceptors (Lipinski definition) is 1. The van der Waals surface area contributed by atoms with Crippen molar-refractivity contribution >= 4 is 21.7 Å². The molecular weight excluding hydrogens is 240 g/mol. The molecule has 1 aromatic carbocycles. The minimum absolute atomic E-state index is 0.175. The smallest absolute Gasteiger partial charge is 0.163 e. The number of carbonyl (C=O) groups excluding carboxylic acids is 1. The maximum Gasteiger partial charge on any atom is 0.163 e. The highest BCUT2D eigenvalue weighted by atomic mass is 79.9. The molecule has 0 amide bonds. The van der Waals surface area contributed by atoms with Gasteiger partial charge in [-0.3, -0.25) is 4.79 Å². The second-order valence-electron chi connectivity index (χ2n) is 3.27. The monoisotopic (exact) mass is 252 g/mol. The van der Waals surface area contributed by atoms with E-state index in [9.17, 15) is 4.79 Å². The molecule has 0 N–H and O–H groups in total. The summed E-state index contributed by atoms with van der Waals surface area (Å²) in [5.74, 6) is 0.175. The van der Waals surface area contributed by atoms with Crippen LogP contribution in [-0.4, -0.2) is 5.78 Å². The van der Waals surface area contributed by atoms with E-state index in [1.807, 2.05) is 25.1 Å². The van der Waals surface area contributed by atoms with Crippen molar-refractivity contribution in [3.05, 3.63) is 46.5 Å². The van der Waals surface area contributed by atoms with Crippen molar-refractivity contribution in [2.45, 2.75) is 19.8 Å². The third-order valence-electron chi connectivity index (χ3n) is 1.94. The zero-order chi connectivity index (χ0) is 10.6. The van der Waals surface area contributed by atoms with Crippen molar-refractivity contribution in [3.8, 4) is 0 Å². The average molecular weight is 253 g/mol. The molecule has 0 saturated carbocycles.